The number of carboxylic acids is 2. The Labute approximate surface area is 223 Å². The van der Waals surface area contributed by atoms with Crippen molar-refractivity contribution in [1.29, 1.82) is 0 Å². The zero-order valence-corrected chi connectivity index (χ0v) is 21.3. The zero-order valence-electron chi connectivity index (χ0n) is 21.3. The Bertz CT molecular complexity index is 1400. The highest BCUT2D eigenvalue weighted by Crippen LogP contribution is 2.26. The molecular formula is C33H32O5. The summed E-state index contributed by atoms with van der Waals surface area (Å²) in [7, 11) is 0. The Morgan fingerprint density at radius 3 is 2.34 bits per heavy atom. The predicted molar refractivity (Wildman–Crippen MR) is 150 cm³/mol. The fourth-order valence-electron chi connectivity index (χ4n) is 4.60. The molecule has 194 valence electrons. The Morgan fingerprint density at radius 2 is 1.55 bits per heavy atom. The summed E-state index contributed by atoms with van der Waals surface area (Å²) in [4.78, 5) is 22.1. The molecule has 5 heteroatoms. The number of fused-ring (bicyclic) bond motifs is 1. The van der Waals surface area contributed by atoms with E-state index in [0.29, 0.717) is 13.0 Å². The molecule has 0 aliphatic heterocycles. The molecule has 0 aliphatic rings. The van der Waals surface area contributed by atoms with Crippen LogP contribution in [-0.2, 0) is 17.8 Å². The second kappa shape index (κ2) is 13.2. The molecule has 0 saturated heterocycles. The van der Waals surface area contributed by atoms with E-state index in [4.69, 9.17) is 9.84 Å². The van der Waals surface area contributed by atoms with Gasteiger partial charge in [0.05, 0.1) is 5.56 Å². The van der Waals surface area contributed by atoms with E-state index in [1.54, 1.807) is 12.1 Å². The van der Waals surface area contributed by atoms with E-state index in [2.05, 4.69) is 36.4 Å². The van der Waals surface area contributed by atoms with Gasteiger partial charge in [-0.05, 0) is 65.3 Å². The van der Waals surface area contributed by atoms with Crippen LogP contribution in [0.25, 0.3) is 16.8 Å². The number of carboxylic acid groups (broad SMARTS) is 2. The molecule has 0 aliphatic carbocycles. The second-order valence-electron chi connectivity index (χ2n) is 9.43. The Kier molecular flexibility index (Phi) is 9.30. The van der Waals surface area contributed by atoms with Crippen LogP contribution >= 0.6 is 0 Å². The molecule has 1 unspecified atom stereocenters. The van der Waals surface area contributed by atoms with Crippen LogP contribution in [0.3, 0.4) is 0 Å². The molecule has 0 fully saturated rings. The molecule has 1 atom stereocenters. The molecule has 0 saturated carbocycles. The lowest BCUT2D eigenvalue weighted by Crippen LogP contribution is -2.04. The van der Waals surface area contributed by atoms with Crippen molar-refractivity contribution >= 4 is 28.8 Å². The maximum absolute atomic E-state index is 11.2. The lowest BCUT2D eigenvalue weighted by atomic mass is 9.92. The molecule has 38 heavy (non-hydrogen) atoms. The van der Waals surface area contributed by atoms with Crippen LogP contribution in [0.15, 0.2) is 97.1 Å². The van der Waals surface area contributed by atoms with Crippen molar-refractivity contribution in [2.75, 3.05) is 0 Å². The first kappa shape index (κ1) is 26.7. The molecule has 0 heterocycles. The number of aromatic carboxylic acids is 1. The summed E-state index contributed by atoms with van der Waals surface area (Å²) < 4.78 is 6.27. The summed E-state index contributed by atoms with van der Waals surface area (Å²) >= 11 is 0. The van der Waals surface area contributed by atoms with E-state index in [9.17, 15) is 14.7 Å². The van der Waals surface area contributed by atoms with Crippen LogP contribution < -0.4 is 4.74 Å². The van der Waals surface area contributed by atoms with Gasteiger partial charge < -0.3 is 14.9 Å². The molecule has 4 aromatic carbocycles. The number of allylic oxidation sites excluding steroid dienone is 1. The molecule has 2 N–H and O–H groups in total. The minimum atomic E-state index is -0.943. The highest BCUT2D eigenvalue weighted by Gasteiger charge is 2.10. The summed E-state index contributed by atoms with van der Waals surface area (Å²) in [5.41, 5.74) is 3.41. The molecule has 0 spiro atoms. The maximum atomic E-state index is 11.2. The lowest BCUT2D eigenvalue weighted by molar-refractivity contribution is -0.137. The van der Waals surface area contributed by atoms with Crippen LogP contribution in [0, 0.1) is 5.92 Å². The number of aliphatic carboxylic acids is 1. The van der Waals surface area contributed by atoms with Gasteiger partial charge >= 0.3 is 11.9 Å². The van der Waals surface area contributed by atoms with Gasteiger partial charge in [0.1, 0.15) is 12.4 Å². The minimum Gasteiger partial charge on any atom is -0.488 e. The number of unbranched alkanes of at least 4 members (excludes halogenated alkanes) is 1. The average molecular weight is 509 g/mol. The van der Waals surface area contributed by atoms with Gasteiger partial charge in [-0.15, -0.1) is 0 Å². The smallest absolute Gasteiger partial charge is 0.335 e. The van der Waals surface area contributed by atoms with Gasteiger partial charge in [-0.25, -0.2) is 4.79 Å². The topological polar surface area (TPSA) is 83.8 Å². The van der Waals surface area contributed by atoms with Crippen LogP contribution in [0.5, 0.6) is 5.75 Å². The van der Waals surface area contributed by atoms with Crippen molar-refractivity contribution in [3.8, 4) is 5.75 Å². The monoisotopic (exact) mass is 508 g/mol. The van der Waals surface area contributed by atoms with Crippen molar-refractivity contribution in [3.63, 3.8) is 0 Å². The van der Waals surface area contributed by atoms with Gasteiger partial charge in [-0.3, -0.25) is 4.79 Å². The van der Waals surface area contributed by atoms with Crippen molar-refractivity contribution in [3.05, 3.63) is 119 Å². The highest BCUT2D eigenvalue weighted by atomic mass is 16.5. The summed E-state index contributed by atoms with van der Waals surface area (Å²) in [6, 6.07) is 29.4. The Hall–Kier alpha value is -4.38. The number of carbonyl (C=O) groups is 2. The minimum absolute atomic E-state index is 0.161. The van der Waals surface area contributed by atoms with E-state index >= 15 is 0 Å². The molecule has 5 nitrogen and oxygen atoms in total. The molecular weight excluding hydrogens is 476 g/mol. The highest BCUT2D eigenvalue weighted by molar-refractivity contribution is 5.87. The third-order valence-corrected chi connectivity index (χ3v) is 6.64. The second-order valence-corrected chi connectivity index (χ2v) is 9.43. The van der Waals surface area contributed by atoms with Gasteiger partial charge in [-0.1, -0.05) is 91.4 Å². The molecule has 0 bridgehead atoms. The van der Waals surface area contributed by atoms with E-state index in [1.165, 1.54) is 10.8 Å². The number of para-hydroxylation sites is 1. The van der Waals surface area contributed by atoms with Crippen molar-refractivity contribution in [2.45, 2.75) is 38.7 Å². The van der Waals surface area contributed by atoms with Crippen LogP contribution in [0.1, 0.15) is 52.7 Å². The van der Waals surface area contributed by atoms with Crippen molar-refractivity contribution in [2.24, 2.45) is 5.92 Å². The standard InChI is InChI=1S/C33H32O5/c34-32(35)15-6-1-8-24(22-25-17-20-28(21-18-25)33(36)37)16-19-27-10-3-5-14-31(27)38-23-29-12-7-11-26-9-2-4-13-30(26)29/h2-5,7,9-14,16-21,24H,1,6,8,15,22-23H2,(H,34,35)(H,36,37)/b19-16+. The summed E-state index contributed by atoms with van der Waals surface area (Å²) in [6.45, 7) is 0.459. The van der Waals surface area contributed by atoms with Gasteiger partial charge in [0.2, 0.25) is 0 Å². The number of ether oxygens (including phenoxy) is 1. The summed E-state index contributed by atoms with van der Waals surface area (Å²) in [6.07, 6.45) is 7.40. The van der Waals surface area contributed by atoms with E-state index in [-0.39, 0.29) is 17.9 Å². The molecule has 4 rings (SSSR count). The van der Waals surface area contributed by atoms with Crippen LogP contribution in [0.4, 0.5) is 0 Å². The number of benzene rings is 4. The Morgan fingerprint density at radius 1 is 0.816 bits per heavy atom. The number of hydrogen-bond donors (Lipinski definition) is 2. The summed E-state index contributed by atoms with van der Waals surface area (Å²) in [5.74, 6) is -0.752. The maximum Gasteiger partial charge on any atom is 0.335 e. The normalized spacial score (nSPS) is 12.0. The quantitative estimate of drug-likeness (QED) is 0.181. The first-order valence-electron chi connectivity index (χ1n) is 12.9. The molecule has 0 aromatic heterocycles. The molecule has 0 radical (unpaired) electrons. The van der Waals surface area contributed by atoms with Gasteiger partial charge in [0, 0.05) is 12.0 Å². The van der Waals surface area contributed by atoms with Crippen molar-refractivity contribution < 1.29 is 24.5 Å². The molecule has 4 aromatic rings. The number of rotatable bonds is 13. The fourth-order valence-corrected chi connectivity index (χ4v) is 4.60. The summed E-state index contributed by atoms with van der Waals surface area (Å²) in [5, 5.41) is 20.5. The van der Waals surface area contributed by atoms with E-state index < -0.39 is 11.9 Å². The van der Waals surface area contributed by atoms with Crippen molar-refractivity contribution in [1.82, 2.24) is 0 Å². The lowest BCUT2D eigenvalue weighted by Gasteiger charge is -2.14. The first-order valence-corrected chi connectivity index (χ1v) is 12.9. The van der Waals surface area contributed by atoms with Gasteiger partial charge in [0.25, 0.3) is 0 Å². The molecule has 0 amide bonds. The van der Waals surface area contributed by atoms with E-state index in [1.807, 2.05) is 54.6 Å². The van der Waals surface area contributed by atoms with Crippen LogP contribution in [-0.4, -0.2) is 22.2 Å². The third kappa shape index (κ3) is 7.56. The van der Waals surface area contributed by atoms with Gasteiger partial charge in [0.15, 0.2) is 0 Å². The zero-order chi connectivity index (χ0) is 26.7. The number of hydrogen-bond acceptors (Lipinski definition) is 3. The third-order valence-electron chi connectivity index (χ3n) is 6.64. The average Bonchev–Trinajstić information content (AvgIpc) is 2.93. The fraction of sp³-hybridized carbons (Fsp3) is 0.212. The largest absolute Gasteiger partial charge is 0.488 e. The predicted octanol–water partition coefficient (Wildman–Crippen LogP) is 7.63. The van der Waals surface area contributed by atoms with Crippen LogP contribution in [0.2, 0.25) is 0 Å². The first-order chi connectivity index (χ1) is 18.5. The Balaban J connectivity index is 1.48. The SMILES string of the molecule is O=C(O)CCCCC(/C=C/c1ccccc1OCc1cccc2ccccc12)Cc1ccc(C(=O)O)cc1. The van der Waals surface area contributed by atoms with E-state index in [0.717, 1.165) is 41.7 Å². The van der Waals surface area contributed by atoms with Gasteiger partial charge in [-0.2, -0.15) is 0 Å².